The Morgan fingerprint density at radius 3 is 2.06 bits per heavy atom. The minimum atomic E-state index is 0.0122. The molecule has 0 bridgehead atoms. The van der Waals surface area contributed by atoms with Crippen LogP contribution in [0.5, 0.6) is 5.75 Å². The summed E-state index contributed by atoms with van der Waals surface area (Å²) in [5.41, 5.74) is 3.70. The summed E-state index contributed by atoms with van der Waals surface area (Å²) in [6, 6.07) is 30.1. The minimum absolute atomic E-state index is 0.0122. The van der Waals surface area contributed by atoms with Crippen molar-refractivity contribution in [3.05, 3.63) is 90.5 Å². The predicted octanol–water partition coefficient (Wildman–Crippen LogP) is 6.34. The largest absolute Gasteiger partial charge is 0.497 e. The molecule has 0 spiro atoms. The van der Waals surface area contributed by atoms with E-state index in [1.807, 2.05) is 12.1 Å². The summed E-state index contributed by atoms with van der Waals surface area (Å²) < 4.78 is 5.46. The van der Waals surface area contributed by atoms with Gasteiger partial charge < -0.3 is 19.3 Å². The fourth-order valence-electron chi connectivity index (χ4n) is 6.16. The molecule has 1 aliphatic heterocycles. The fourth-order valence-corrected chi connectivity index (χ4v) is 6.16. The van der Waals surface area contributed by atoms with Crippen LogP contribution in [-0.4, -0.2) is 26.0 Å². The second-order valence-electron chi connectivity index (χ2n) is 10.5. The lowest BCUT2D eigenvalue weighted by molar-refractivity contribution is -0.115. The van der Waals surface area contributed by atoms with Gasteiger partial charge in [0.25, 0.3) is 0 Å². The Labute approximate surface area is 203 Å². The number of methoxy groups -OCH3 is 1. The van der Waals surface area contributed by atoms with Crippen molar-refractivity contribution in [1.82, 2.24) is 0 Å². The standard InChI is InChI=1S/C30H34N2O2/c1-30(2)18-23(21-33)27-20-31(24-10-6-4-7-11-24)29(22-14-16-26(34-3)17-15-22)32(28(27)19-30)25-12-8-5-9-13-25/h4-17,21,23,27-29H,18-20H2,1-3H3. The third-order valence-electron chi connectivity index (χ3n) is 7.65. The van der Waals surface area contributed by atoms with Crippen LogP contribution in [-0.2, 0) is 4.79 Å². The highest BCUT2D eigenvalue weighted by atomic mass is 16.5. The summed E-state index contributed by atoms with van der Waals surface area (Å²) in [5.74, 6) is 1.17. The molecule has 1 saturated heterocycles. The molecular formula is C30H34N2O2. The van der Waals surface area contributed by atoms with Crippen LogP contribution in [0.1, 0.15) is 38.4 Å². The van der Waals surface area contributed by atoms with Crippen LogP contribution in [0.3, 0.4) is 0 Å². The predicted molar refractivity (Wildman–Crippen MR) is 138 cm³/mol. The number of para-hydroxylation sites is 2. The third kappa shape index (κ3) is 4.18. The number of fused-ring (bicyclic) bond motifs is 1. The monoisotopic (exact) mass is 454 g/mol. The lowest BCUT2D eigenvalue weighted by atomic mass is 9.63. The van der Waals surface area contributed by atoms with Gasteiger partial charge in [0.05, 0.1) is 7.11 Å². The van der Waals surface area contributed by atoms with Crippen LogP contribution in [0.15, 0.2) is 84.9 Å². The van der Waals surface area contributed by atoms with Crippen molar-refractivity contribution in [2.75, 3.05) is 23.5 Å². The van der Waals surface area contributed by atoms with E-state index in [0.717, 1.165) is 25.1 Å². The fraction of sp³-hybridized carbons (Fsp3) is 0.367. The van der Waals surface area contributed by atoms with Gasteiger partial charge in [-0.1, -0.05) is 62.4 Å². The van der Waals surface area contributed by atoms with E-state index in [0.29, 0.717) is 0 Å². The molecular weight excluding hydrogens is 420 g/mol. The molecule has 3 aromatic carbocycles. The average molecular weight is 455 g/mol. The lowest BCUT2D eigenvalue weighted by Crippen LogP contribution is -2.62. The van der Waals surface area contributed by atoms with E-state index in [2.05, 4.69) is 96.4 Å². The molecule has 1 saturated carbocycles. The molecule has 176 valence electrons. The maximum absolute atomic E-state index is 12.4. The summed E-state index contributed by atoms with van der Waals surface area (Å²) in [7, 11) is 1.70. The van der Waals surface area contributed by atoms with Gasteiger partial charge in [0.2, 0.25) is 0 Å². The first-order valence-electron chi connectivity index (χ1n) is 12.2. The normalized spacial score (nSPS) is 26.0. The summed E-state index contributed by atoms with van der Waals surface area (Å²) in [4.78, 5) is 17.4. The maximum Gasteiger partial charge on any atom is 0.128 e. The average Bonchev–Trinajstić information content (AvgIpc) is 2.88. The van der Waals surface area contributed by atoms with Gasteiger partial charge in [-0.05, 0) is 60.2 Å². The number of aldehydes is 1. The second kappa shape index (κ2) is 9.17. The Balaban J connectivity index is 1.70. The van der Waals surface area contributed by atoms with E-state index in [-0.39, 0.29) is 29.5 Å². The zero-order valence-corrected chi connectivity index (χ0v) is 20.3. The quantitative estimate of drug-likeness (QED) is 0.421. The smallest absolute Gasteiger partial charge is 0.128 e. The van der Waals surface area contributed by atoms with Crippen LogP contribution in [0, 0.1) is 17.3 Å². The molecule has 34 heavy (non-hydrogen) atoms. The molecule has 3 aromatic rings. The Bertz CT molecular complexity index is 1100. The molecule has 1 aliphatic carbocycles. The zero-order valence-electron chi connectivity index (χ0n) is 20.3. The summed E-state index contributed by atoms with van der Waals surface area (Å²) >= 11 is 0. The van der Waals surface area contributed by atoms with Crippen molar-refractivity contribution >= 4 is 17.7 Å². The Morgan fingerprint density at radius 2 is 1.47 bits per heavy atom. The number of carbonyl (C=O) groups is 1. The first kappa shape index (κ1) is 22.5. The van der Waals surface area contributed by atoms with Crippen molar-refractivity contribution in [1.29, 1.82) is 0 Å². The van der Waals surface area contributed by atoms with E-state index in [4.69, 9.17) is 4.74 Å². The molecule has 0 amide bonds. The number of anilines is 2. The van der Waals surface area contributed by atoms with Crippen LogP contribution in [0.2, 0.25) is 0 Å². The number of hydrogen-bond acceptors (Lipinski definition) is 4. The summed E-state index contributed by atoms with van der Waals surface area (Å²) in [6.07, 6.45) is 3.24. The molecule has 4 unspecified atom stereocenters. The number of ether oxygens (including phenoxy) is 1. The third-order valence-corrected chi connectivity index (χ3v) is 7.65. The molecule has 2 fully saturated rings. The van der Waals surface area contributed by atoms with E-state index in [1.54, 1.807) is 7.11 Å². The maximum atomic E-state index is 12.4. The van der Waals surface area contributed by atoms with Gasteiger partial charge in [-0.3, -0.25) is 0 Å². The highest BCUT2D eigenvalue weighted by molar-refractivity contribution is 5.62. The van der Waals surface area contributed by atoms with Gasteiger partial charge in [-0.2, -0.15) is 0 Å². The van der Waals surface area contributed by atoms with E-state index < -0.39 is 0 Å². The van der Waals surface area contributed by atoms with Crippen molar-refractivity contribution in [2.45, 2.75) is 38.9 Å². The molecule has 1 heterocycles. The number of rotatable bonds is 5. The van der Waals surface area contributed by atoms with Crippen LogP contribution >= 0.6 is 0 Å². The first-order chi connectivity index (χ1) is 16.5. The topological polar surface area (TPSA) is 32.8 Å². The van der Waals surface area contributed by atoms with Gasteiger partial charge in [0.15, 0.2) is 0 Å². The van der Waals surface area contributed by atoms with E-state index in [9.17, 15) is 4.79 Å². The first-order valence-corrected chi connectivity index (χ1v) is 12.2. The Hall–Kier alpha value is -3.27. The van der Waals surface area contributed by atoms with Crippen molar-refractivity contribution in [3.63, 3.8) is 0 Å². The molecule has 4 atom stereocenters. The van der Waals surface area contributed by atoms with Crippen LogP contribution in [0.25, 0.3) is 0 Å². The Morgan fingerprint density at radius 1 is 0.853 bits per heavy atom. The second-order valence-corrected chi connectivity index (χ2v) is 10.5. The molecule has 0 N–H and O–H groups in total. The SMILES string of the molecule is COc1ccc(C2N(c3ccccc3)CC3C(C=O)CC(C)(C)CC3N2c2ccccc2)cc1. The van der Waals surface area contributed by atoms with Crippen molar-refractivity contribution in [2.24, 2.45) is 17.3 Å². The molecule has 0 radical (unpaired) electrons. The highest BCUT2D eigenvalue weighted by Crippen LogP contribution is 2.51. The van der Waals surface area contributed by atoms with Gasteiger partial charge in [-0.25, -0.2) is 0 Å². The highest BCUT2D eigenvalue weighted by Gasteiger charge is 2.50. The van der Waals surface area contributed by atoms with Gasteiger partial charge in [0, 0.05) is 35.8 Å². The molecule has 4 nitrogen and oxygen atoms in total. The number of carbonyl (C=O) groups excluding carboxylic acids is 1. The molecule has 0 aromatic heterocycles. The minimum Gasteiger partial charge on any atom is -0.497 e. The van der Waals surface area contributed by atoms with Gasteiger partial charge >= 0.3 is 0 Å². The van der Waals surface area contributed by atoms with Gasteiger partial charge in [-0.15, -0.1) is 0 Å². The number of hydrogen-bond donors (Lipinski definition) is 0. The van der Waals surface area contributed by atoms with Crippen molar-refractivity contribution in [3.8, 4) is 5.75 Å². The number of nitrogens with zero attached hydrogens (tertiary/aromatic N) is 2. The van der Waals surface area contributed by atoms with Gasteiger partial charge in [0.1, 0.15) is 18.2 Å². The van der Waals surface area contributed by atoms with Crippen LogP contribution in [0.4, 0.5) is 11.4 Å². The molecule has 5 rings (SSSR count). The zero-order chi connectivity index (χ0) is 23.7. The lowest BCUT2D eigenvalue weighted by Gasteiger charge is -2.59. The molecule has 4 heteroatoms. The number of benzene rings is 3. The van der Waals surface area contributed by atoms with E-state index in [1.165, 1.54) is 23.2 Å². The summed E-state index contributed by atoms with van der Waals surface area (Å²) in [5, 5.41) is 0. The van der Waals surface area contributed by atoms with E-state index >= 15 is 0 Å². The molecule has 2 aliphatic rings. The summed E-state index contributed by atoms with van der Waals surface area (Å²) in [6.45, 7) is 5.48. The Kier molecular flexibility index (Phi) is 6.07. The van der Waals surface area contributed by atoms with Crippen LogP contribution < -0.4 is 14.5 Å². The van der Waals surface area contributed by atoms with Crippen molar-refractivity contribution < 1.29 is 9.53 Å².